The van der Waals surface area contributed by atoms with Crippen molar-refractivity contribution in [2.45, 2.75) is 38.6 Å². The van der Waals surface area contributed by atoms with Gasteiger partial charge in [-0.25, -0.2) is 0 Å². The molecule has 0 aromatic rings. The topological polar surface area (TPSA) is 58.6 Å². The van der Waals surface area contributed by atoms with Crippen LogP contribution in [-0.4, -0.2) is 49.1 Å². The highest BCUT2D eigenvalue weighted by Crippen LogP contribution is 2.27. The van der Waals surface area contributed by atoms with E-state index in [0.29, 0.717) is 12.5 Å². The lowest BCUT2D eigenvalue weighted by Crippen LogP contribution is -2.56. The number of esters is 1. The predicted molar refractivity (Wildman–Crippen MR) is 67.0 cm³/mol. The summed E-state index contributed by atoms with van der Waals surface area (Å²) in [6, 6.07) is -0.391. The van der Waals surface area contributed by atoms with Crippen LogP contribution in [0.15, 0.2) is 0 Å². The molecule has 1 unspecified atom stereocenters. The number of ether oxygens (including phenoxy) is 1. The van der Waals surface area contributed by atoms with E-state index in [1.807, 2.05) is 4.90 Å². The van der Waals surface area contributed by atoms with Crippen molar-refractivity contribution in [1.29, 1.82) is 0 Å². The first kappa shape index (κ1) is 13.3. The zero-order valence-electron chi connectivity index (χ0n) is 11.0. The first-order valence-electron chi connectivity index (χ1n) is 6.88. The zero-order valence-corrected chi connectivity index (χ0v) is 11.0. The number of carbonyl (C=O) groups is 2. The summed E-state index contributed by atoms with van der Waals surface area (Å²) in [5.41, 5.74) is 0. The quantitative estimate of drug-likeness (QED) is 0.728. The maximum Gasteiger partial charge on any atom is 0.307 e. The van der Waals surface area contributed by atoms with Gasteiger partial charge in [-0.1, -0.05) is 6.42 Å². The van der Waals surface area contributed by atoms with E-state index in [1.165, 1.54) is 19.3 Å². The van der Waals surface area contributed by atoms with Crippen molar-refractivity contribution >= 4 is 11.9 Å². The first-order valence-corrected chi connectivity index (χ1v) is 6.88. The smallest absolute Gasteiger partial charge is 0.307 e. The van der Waals surface area contributed by atoms with Crippen molar-refractivity contribution in [3.8, 4) is 0 Å². The standard InChI is InChI=1S/C13H22N2O3/c1-2-18-12(16)8-11-13(17)15(7-6-14-11)9-10-4-3-5-10/h10-11,14H,2-9H2,1H3. The van der Waals surface area contributed by atoms with Gasteiger partial charge in [0, 0.05) is 19.6 Å². The Kier molecular flexibility index (Phi) is 4.58. The van der Waals surface area contributed by atoms with Gasteiger partial charge in [0.1, 0.15) is 0 Å². The van der Waals surface area contributed by atoms with Gasteiger partial charge in [-0.3, -0.25) is 9.59 Å². The van der Waals surface area contributed by atoms with Gasteiger partial charge in [-0.15, -0.1) is 0 Å². The lowest BCUT2D eigenvalue weighted by molar-refractivity contribution is -0.148. The highest BCUT2D eigenvalue weighted by molar-refractivity contribution is 5.87. The van der Waals surface area contributed by atoms with Crippen LogP contribution in [0.3, 0.4) is 0 Å². The Morgan fingerprint density at radius 1 is 1.50 bits per heavy atom. The van der Waals surface area contributed by atoms with Crippen molar-refractivity contribution in [3.63, 3.8) is 0 Å². The largest absolute Gasteiger partial charge is 0.466 e. The third kappa shape index (κ3) is 3.22. The fourth-order valence-electron chi connectivity index (χ4n) is 2.51. The summed E-state index contributed by atoms with van der Waals surface area (Å²) >= 11 is 0. The van der Waals surface area contributed by atoms with Gasteiger partial charge >= 0.3 is 5.97 Å². The third-order valence-electron chi connectivity index (χ3n) is 3.76. The molecular weight excluding hydrogens is 232 g/mol. The highest BCUT2D eigenvalue weighted by Gasteiger charge is 2.32. The number of nitrogens with one attached hydrogen (secondary N) is 1. The van der Waals surface area contributed by atoms with Crippen molar-refractivity contribution in [2.75, 3.05) is 26.2 Å². The molecule has 0 spiro atoms. The molecule has 1 N–H and O–H groups in total. The predicted octanol–water partition coefficient (Wildman–Crippen LogP) is 0.540. The second-order valence-corrected chi connectivity index (χ2v) is 5.10. The SMILES string of the molecule is CCOC(=O)CC1NCCN(CC2CCC2)C1=O. The second kappa shape index (κ2) is 6.18. The fraction of sp³-hybridized carbons (Fsp3) is 0.846. The summed E-state index contributed by atoms with van der Waals surface area (Å²) in [5, 5.41) is 3.11. The average Bonchev–Trinajstić information content (AvgIpc) is 2.28. The molecule has 1 atom stereocenters. The van der Waals surface area contributed by atoms with Crippen molar-refractivity contribution in [3.05, 3.63) is 0 Å². The van der Waals surface area contributed by atoms with E-state index in [0.717, 1.165) is 19.6 Å². The zero-order chi connectivity index (χ0) is 13.0. The molecular formula is C13H22N2O3. The monoisotopic (exact) mass is 254 g/mol. The molecule has 1 saturated carbocycles. The molecule has 1 amide bonds. The van der Waals surface area contributed by atoms with Gasteiger partial charge in [0.2, 0.25) is 5.91 Å². The van der Waals surface area contributed by atoms with Gasteiger partial charge in [-0.2, -0.15) is 0 Å². The normalized spacial score (nSPS) is 24.8. The molecule has 5 nitrogen and oxygen atoms in total. The van der Waals surface area contributed by atoms with Gasteiger partial charge in [0.25, 0.3) is 0 Å². The van der Waals surface area contributed by atoms with E-state index in [2.05, 4.69) is 5.32 Å². The van der Waals surface area contributed by atoms with Crippen LogP contribution in [0.2, 0.25) is 0 Å². The number of amides is 1. The number of nitrogens with zero attached hydrogens (tertiary/aromatic N) is 1. The molecule has 18 heavy (non-hydrogen) atoms. The number of piperazine rings is 1. The highest BCUT2D eigenvalue weighted by atomic mass is 16.5. The molecule has 102 valence electrons. The molecule has 1 aliphatic heterocycles. The Labute approximate surface area is 108 Å². The molecule has 1 heterocycles. The summed E-state index contributed by atoms with van der Waals surface area (Å²) in [6.45, 7) is 4.53. The van der Waals surface area contributed by atoms with E-state index in [4.69, 9.17) is 4.74 Å². The number of hydrogen-bond acceptors (Lipinski definition) is 4. The minimum absolute atomic E-state index is 0.0567. The van der Waals surface area contributed by atoms with Crippen LogP contribution in [-0.2, 0) is 14.3 Å². The number of hydrogen-bond donors (Lipinski definition) is 1. The average molecular weight is 254 g/mol. The van der Waals surface area contributed by atoms with E-state index in [1.54, 1.807) is 6.92 Å². The van der Waals surface area contributed by atoms with E-state index in [9.17, 15) is 9.59 Å². The molecule has 0 radical (unpaired) electrons. The molecule has 0 bridgehead atoms. The minimum atomic E-state index is -0.391. The van der Waals surface area contributed by atoms with Crippen molar-refractivity contribution in [2.24, 2.45) is 5.92 Å². The van der Waals surface area contributed by atoms with E-state index >= 15 is 0 Å². The minimum Gasteiger partial charge on any atom is -0.466 e. The Bertz CT molecular complexity index is 315. The summed E-state index contributed by atoms with van der Waals surface area (Å²) in [7, 11) is 0. The Morgan fingerprint density at radius 3 is 2.89 bits per heavy atom. The van der Waals surface area contributed by atoms with Crippen LogP contribution < -0.4 is 5.32 Å². The third-order valence-corrected chi connectivity index (χ3v) is 3.76. The molecule has 2 rings (SSSR count). The molecule has 5 heteroatoms. The van der Waals surface area contributed by atoms with Crippen molar-refractivity contribution < 1.29 is 14.3 Å². The number of carbonyl (C=O) groups excluding carboxylic acids is 2. The maximum absolute atomic E-state index is 12.2. The first-order chi connectivity index (χ1) is 8.70. The van der Waals surface area contributed by atoms with Crippen LogP contribution in [0.5, 0.6) is 0 Å². The van der Waals surface area contributed by atoms with Crippen LogP contribution >= 0.6 is 0 Å². The Hall–Kier alpha value is -1.10. The van der Waals surface area contributed by atoms with Gasteiger partial charge in [-0.05, 0) is 25.7 Å². The molecule has 1 saturated heterocycles. The molecule has 0 aromatic carbocycles. The second-order valence-electron chi connectivity index (χ2n) is 5.10. The van der Waals surface area contributed by atoms with Crippen LogP contribution in [0, 0.1) is 5.92 Å². The molecule has 2 fully saturated rings. The Balaban J connectivity index is 1.83. The fourth-order valence-corrected chi connectivity index (χ4v) is 2.51. The lowest BCUT2D eigenvalue weighted by atomic mass is 9.85. The van der Waals surface area contributed by atoms with Gasteiger partial charge < -0.3 is 15.0 Å². The maximum atomic E-state index is 12.2. The lowest BCUT2D eigenvalue weighted by Gasteiger charge is -2.37. The summed E-state index contributed by atoms with van der Waals surface area (Å²) in [6.07, 6.45) is 3.91. The molecule has 0 aromatic heterocycles. The van der Waals surface area contributed by atoms with E-state index in [-0.39, 0.29) is 18.3 Å². The van der Waals surface area contributed by atoms with E-state index < -0.39 is 6.04 Å². The van der Waals surface area contributed by atoms with Gasteiger partial charge in [0.15, 0.2) is 0 Å². The summed E-state index contributed by atoms with van der Waals surface area (Å²) in [4.78, 5) is 25.5. The molecule has 1 aliphatic carbocycles. The van der Waals surface area contributed by atoms with Crippen LogP contribution in [0.25, 0.3) is 0 Å². The van der Waals surface area contributed by atoms with Crippen LogP contribution in [0.4, 0.5) is 0 Å². The van der Waals surface area contributed by atoms with Crippen molar-refractivity contribution in [1.82, 2.24) is 10.2 Å². The summed E-state index contributed by atoms with van der Waals surface area (Å²) in [5.74, 6) is 0.436. The Morgan fingerprint density at radius 2 is 2.28 bits per heavy atom. The van der Waals surface area contributed by atoms with Crippen LogP contribution in [0.1, 0.15) is 32.6 Å². The number of rotatable bonds is 5. The van der Waals surface area contributed by atoms with Gasteiger partial charge in [0.05, 0.1) is 19.1 Å². The summed E-state index contributed by atoms with van der Waals surface area (Å²) < 4.78 is 4.89. The molecule has 2 aliphatic rings.